The summed E-state index contributed by atoms with van der Waals surface area (Å²) in [6, 6.07) is 11.9. The Kier molecular flexibility index (Phi) is 6.98. The number of benzene rings is 2. The van der Waals surface area contributed by atoms with E-state index in [1.54, 1.807) is 6.07 Å². The fraction of sp³-hybridized carbons (Fsp3) is 0.464. The zero-order chi connectivity index (χ0) is 26.2. The lowest BCUT2D eigenvalue weighted by atomic mass is 9.55. The minimum absolute atomic E-state index is 0.120. The van der Waals surface area contributed by atoms with E-state index < -0.39 is 29.9 Å². The van der Waals surface area contributed by atoms with Gasteiger partial charge in [0.1, 0.15) is 5.97 Å². The van der Waals surface area contributed by atoms with Gasteiger partial charge in [-0.1, -0.05) is 30.3 Å². The number of carboxylic acid groups (broad SMARTS) is 1. The molecule has 4 aliphatic carbocycles. The molecule has 4 fully saturated rings. The van der Waals surface area contributed by atoms with Crippen molar-refractivity contribution in [3.63, 3.8) is 0 Å². The van der Waals surface area contributed by atoms with Gasteiger partial charge in [0.25, 0.3) is 0 Å². The first-order chi connectivity index (χ1) is 17.7. The molecule has 0 aliphatic heterocycles. The van der Waals surface area contributed by atoms with Crippen molar-refractivity contribution in [2.24, 2.45) is 23.7 Å². The summed E-state index contributed by atoms with van der Waals surface area (Å²) in [6.07, 6.45) is 3.80. The number of hydrogen-bond acceptors (Lipinski definition) is 7. The highest BCUT2D eigenvalue weighted by atomic mass is 19.3. The summed E-state index contributed by atoms with van der Waals surface area (Å²) < 4.78 is 44.7. The summed E-state index contributed by atoms with van der Waals surface area (Å²) >= 11 is 0. The van der Waals surface area contributed by atoms with Gasteiger partial charge in [-0.3, -0.25) is 0 Å². The molecule has 2 aromatic carbocycles. The van der Waals surface area contributed by atoms with Crippen molar-refractivity contribution in [1.29, 1.82) is 0 Å². The van der Waals surface area contributed by atoms with Crippen LogP contribution in [0.2, 0.25) is 0 Å². The first kappa shape index (κ1) is 25.3. The Labute approximate surface area is 212 Å². The molecule has 2 aromatic rings. The molecular weight excluding hydrogens is 486 g/mol. The average Bonchev–Trinajstić information content (AvgIpc) is 2.88. The van der Waals surface area contributed by atoms with Crippen LogP contribution in [0.1, 0.15) is 64.5 Å². The Bertz CT molecular complexity index is 1120. The molecule has 7 nitrogen and oxygen atoms in total. The standard InChI is InChI=1S/C28H28F2O7/c29-28(30,27(33)34)24(18-4-2-1-3-5-18)37-26(32)20-8-6-19(7-9-20)25(31)36-15-35-23-21-11-16-10-17(13-21)14-22(23)12-16/h1-9,16-17,21-24H,10-15H2,(H,33,34)/p-1. The van der Waals surface area contributed by atoms with Crippen LogP contribution in [0.5, 0.6) is 0 Å². The van der Waals surface area contributed by atoms with Gasteiger partial charge < -0.3 is 24.1 Å². The summed E-state index contributed by atoms with van der Waals surface area (Å²) in [5.74, 6) is -6.26. The molecule has 0 aromatic heterocycles. The molecule has 196 valence electrons. The highest BCUT2D eigenvalue weighted by molar-refractivity contribution is 5.93. The monoisotopic (exact) mass is 513 g/mol. The van der Waals surface area contributed by atoms with Gasteiger partial charge in [0.2, 0.25) is 0 Å². The normalized spacial score (nSPS) is 26.9. The van der Waals surface area contributed by atoms with Crippen molar-refractivity contribution < 1.29 is 42.5 Å². The third-order valence-corrected chi connectivity index (χ3v) is 7.88. The maximum Gasteiger partial charge on any atom is 0.340 e. The van der Waals surface area contributed by atoms with E-state index in [1.807, 2.05) is 0 Å². The van der Waals surface area contributed by atoms with Gasteiger partial charge in [-0.05, 0) is 85.6 Å². The molecule has 6 rings (SSSR count). The predicted molar refractivity (Wildman–Crippen MR) is 123 cm³/mol. The van der Waals surface area contributed by atoms with Crippen LogP contribution in [0.3, 0.4) is 0 Å². The van der Waals surface area contributed by atoms with Crippen LogP contribution in [0.4, 0.5) is 8.78 Å². The van der Waals surface area contributed by atoms with Crippen LogP contribution in [-0.2, 0) is 19.0 Å². The van der Waals surface area contributed by atoms with Crippen molar-refractivity contribution in [1.82, 2.24) is 0 Å². The van der Waals surface area contributed by atoms with Crippen molar-refractivity contribution in [3.8, 4) is 0 Å². The summed E-state index contributed by atoms with van der Waals surface area (Å²) in [6.45, 7) is -0.160. The molecule has 1 atom stereocenters. The van der Waals surface area contributed by atoms with Gasteiger partial charge in [-0.2, -0.15) is 8.78 Å². The van der Waals surface area contributed by atoms with Crippen LogP contribution in [0.25, 0.3) is 0 Å². The smallest absolute Gasteiger partial charge is 0.340 e. The SMILES string of the molecule is O=C(OCOC1C2CC3CC(C2)CC1C3)c1ccc(C(=O)OC(c2ccccc2)C(F)(F)C(=O)[O-])cc1. The lowest BCUT2D eigenvalue weighted by molar-refractivity contribution is -0.336. The number of alkyl halides is 2. The van der Waals surface area contributed by atoms with E-state index in [1.165, 1.54) is 80.6 Å². The molecule has 0 spiro atoms. The Hall–Kier alpha value is -3.33. The van der Waals surface area contributed by atoms with Gasteiger partial charge in [0.05, 0.1) is 17.2 Å². The van der Waals surface area contributed by atoms with Crippen molar-refractivity contribution in [3.05, 3.63) is 71.3 Å². The lowest BCUT2D eigenvalue weighted by Gasteiger charge is -2.53. The van der Waals surface area contributed by atoms with Gasteiger partial charge in [0, 0.05) is 0 Å². The van der Waals surface area contributed by atoms with E-state index >= 15 is 0 Å². The van der Waals surface area contributed by atoms with Gasteiger partial charge in [-0.25, -0.2) is 9.59 Å². The molecule has 1 unspecified atom stereocenters. The molecule has 9 heteroatoms. The van der Waals surface area contributed by atoms with E-state index in [2.05, 4.69) is 0 Å². The minimum Gasteiger partial charge on any atom is -0.544 e. The summed E-state index contributed by atoms with van der Waals surface area (Å²) in [7, 11) is 0. The predicted octanol–water partition coefficient (Wildman–Crippen LogP) is 3.93. The van der Waals surface area contributed by atoms with Crippen molar-refractivity contribution >= 4 is 17.9 Å². The molecular formula is C28H27F2O7-. The second kappa shape index (κ2) is 10.2. The van der Waals surface area contributed by atoms with E-state index in [0.29, 0.717) is 11.8 Å². The molecule has 0 N–H and O–H groups in total. The van der Waals surface area contributed by atoms with E-state index in [4.69, 9.17) is 14.2 Å². The largest absolute Gasteiger partial charge is 0.544 e. The molecule has 37 heavy (non-hydrogen) atoms. The Morgan fingerprint density at radius 1 is 0.838 bits per heavy atom. The van der Waals surface area contributed by atoms with Crippen molar-refractivity contribution in [2.75, 3.05) is 6.79 Å². The highest BCUT2D eigenvalue weighted by Gasteiger charge is 2.49. The minimum atomic E-state index is -4.46. The number of esters is 2. The maximum absolute atomic E-state index is 14.3. The zero-order valence-electron chi connectivity index (χ0n) is 20.0. The van der Waals surface area contributed by atoms with E-state index in [0.717, 1.165) is 11.8 Å². The maximum atomic E-state index is 14.3. The Morgan fingerprint density at radius 3 is 1.92 bits per heavy atom. The topological polar surface area (TPSA) is 102 Å². The number of rotatable bonds is 9. The summed E-state index contributed by atoms with van der Waals surface area (Å²) in [5.41, 5.74) is -0.203. The first-order valence-electron chi connectivity index (χ1n) is 12.5. The number of ether oxygens (including phenoxy) is 3. The summed E-state index contributed by atoms with van der Waals surface area (Å²) in [4.78, 5) is 36.0. The lowest BCUT2D eigenvalue weighted by Crippen LogP contribution is -2.49. The third-order valence-electron chi connectivity index (χ3n) is 7.88. The number of halogens is 2. The average molecular weight is 514 g/mol. The van der Waals surface area contributed by atoms with Crippen LogP contribution in [-0.4, -0.2) is 36.7 Å². The van der Waals surface area contributed by atoms with Crippen LogP contribution in [0.15, 0.2) is 54.6 Å². The fourth-order valence-corrected chi connectivity index (χ4v) is 6.40. The number of carbonyl (C=O) groups is 3. The second-order valence-electron chi connectivity index (χ2n) is 10.3. The van der Waals surface area contributed by atoms with Gasteiger partial charge in [-0.15, -0.1) is 0 Å². The van der Waals surface area contributed by atoms with Crippen LogP contribution < -0.4 is 5.11 Å². The quantitative estimate of drug-likeness (QED) is 0.370. The number of carbonyl (C=O) groups excluding carboxylic acids is 3. The summed E-state index contributed by atoms with van der Waals surface area (Å²) in [5, 5.41) is 11.0. The second-order valence-corrected chi connectivity index (χ2v) is 10.3. The Morgan fingerprint density at radius 2 is 1.38 bits per heavy atom. The van der Waals surface area contributed by atoms with E-state index in [-0.39, 0.29) is 29.6 Å². The van der Waals surface area contributed by atoms with Gasteiger partial charge in [0.15, 0.2) is 12.9 Å². The molecule has 0 saturated heterocycles. The molecule has 4 saturated carbocycles. The molecule has 0 amide bonds. The third kappa shape index (κ3) is 5.23. The fourth-order valence-electron chi connectivity index (χ4n) is 6.40. The van der Waals surface area contributed by atoms with Crippen molar-refractivity contribution in [2.45, 2.75) is 50.2 Å². The number of hydrogen-bond donors (Lipinski definition) is 0. The Balaban J connectivity index is 1.17. The molecule has 4 bridgehead atoms. The first-order valence-corrected chi connectivity index (χ1v) is 12.5. The number of carboxylic acids is 1. The molecule has 4 aliphatic rings. The molecule has 0 radical (unpaired) electrons. The van der Waals surface area contributed by atoms with Crippen LogP contribution in [0, 0.1) is 23.7 Å². The van der Waals surface area contributed by atoms with Crippen LogP contribution >= 0.6 is 0 Å². The highest BCUT2D eigenvalue weighted by Crippen LogP contribution is 2.54. The molecule has 0 heterocycles. The number of aliphatic carboxylic acids is 1. The zero-order valence-corrected chi connectivity index (χ0v) is 20.0. The van der Waals surface area contributed by atoms with Gasteiger partial charge >= 0.3 is 17.9 Å². The van der Waals surface area contributed by atoms with E-state index in [9.17, 15) is 28.3 Å².